The monoisotopic (exact) mass is 494 g/mol. The lowest BCUT2D eigenvalue weighted by Crippen LogP contribution is -2.26. The van der Waals surface area contributed by atoms with Gasteiger partial charge in [-0.2, -0.15) is 0 Å². The Morgan fingerprint density at radius 2 is 1.78 bits per heavy atom. The second-order valence-corrected chi connectivity index (χ2v) is 9.94. The van der Waals surface area contributed by atoms with Crippen molar-refractivity contribution in [2.45, 2.75) is 44.9 Å². The maximum atomic E-state index is 13.3. The molecule has 1 saturated carbocycles. The first-order valence-corrected chi connectivity index (χ1v) is 13.3. The van der Waals surface area contributed by atoms with Crippen molar-refractivity contribution in [2.75, 3.05) is 13.2 Å². The average Bonchev–Trinajstić information content (AvgIpc) is 2.95. The van der Waals surface area contributed by atoms with Crippen LogP contribution in [0.4, 0.5) is 0 Å². The van der Waals surface area contributed by atoms with Crippen LogP contribution < -0.4 is 10.1 Å². The Hall–Kier alpha value is -3.86. The zero-order chi connectivity index (χ0) is 25.5. The van der Waals surface area contributed by atoms with E-state index in [2.05, 4.69) is 22.4 Å². The largest absolute Gasteiger partial charge is 0.506 e. The second kappa shape index (κ2) is 11.9. The lowest BCUT2D eigenvalue weighted by molar-refractivity contribution is 0.0947. The van der Waals surface area contributed by atoms with E-state index in [1.54, 1.807) is 12.3 Å². The number of carbonyl (C=O) groups is 1. The molecule has 0 aliphatic heterocycles. The molecular weight excluding hydrogens is 460 g/mol. The average molecular weight is 495 g/mol. The summed E-state index contributed by atoms with van der Waals surface area (Å²) >= 11 is 0. The van der Waals surface area contributed by atoms with E-state index in [0.717, 1.165) is 29.4 Å². The zero-order valence-electron chi connectivity index (χ0n) is 21.2. The molecule has 1 aliphatic carbocycles. The third-order valence-electron chi connectivity index (χ3n) is 7.21. The van der Waals surface area contributed by atoms with Gasteiger partial charge in [-0.15, -0.1) is 0 Å². The molecule has 3 aromatic carbocycles. The van der Waals surface area contributed by atoms with Crippen molar-refractivity contribution < 1.29 is 14.6 Å². The molecule has 1 fully saturated rings. The lowest BCUT2D eigenvalue weighted by atomic mass is 9.90. The van der Waals surface area contributed by atoms with E-state index in [-0.39, 0.29) is 11.7 Å². The van der Waals surface area contributed by atoms with Gasteiger partial charge in [0.05, 0.1) is 12.2 Å². The Morgan fingerprint density at radius 3 is 2.62 bits per heavy atom. The number of aryl methyl sites for hydroxylation is 1. The molecule has 4 aromatic rings. The van der Waals surface area contributed by atoms with Crippen LogP contribution >= 0.6 is 0 Å². The quantitative estimate of drug-likeness (QED) is 0.248. The standard InChI is InChI=1S/C32H34N2O3/c35-29-21-27(19-26-14-8-17-33-31(26)29)25-15-16-30(37-22-24-11-5-2-6-12-24)28(20-25)32(36)34-18-7-13-23-9-3-1-4-10-23/h1,3-4,8-10,14-17,19-21,24,35H,2,5-7,11-13,18,22H2,(H,34,36). The minimum atomic E-state index is -0.139. The first-order chi connectivity index (χ1) is 18.2. The molecule has 5 nitrogen and oxygen atoms in total. The molecule has 0 spiro atoms. The van der Waals surface area contributed by atoms with Crippen LogP contribution in [0.25, 0.3) is 22.0 Å². The summed E-state index contributed by atoms with van der Waals surface area (Å²) in [6.07, 6.45) is 9.61. The van der Waals surface area contributed by atoms with Crippen LogP contribution in [0, 0.1) is 5.92 Å². The van der Waals surface area contributed by atoms with Crippen LogP contribution in [0.1, 0.15) is 54.4 Å². The van der Waals surface area contributed by atoms with E-state index in [1.165, 1.54) is 37.7 Å². The number of pyridine rings is 1. The number of ether oxygens (including phenoxy) is 1. The summed E-state index contributed by atoms with van der Waals surface area (Å²) in [5.41, 5.74) is 4.03. The topological polar surface area (TPSA) is 71.5 Å². The SMILES string of the molecule is O=C(NCCCc1ccccc1)c1cc(-c2cc(O)c3ncccc3c2)ccc1OCC1CCCCC1. The summed E-state index contributed by atoms with van der Waals surface area (Å²) in [7, 11) is 0. The van der Waals surface area contributed by atoms with Gasteiger partial charge >= 0.3 is 0 Å². The van der Waals surface area contributed by atoms with E-state index in [4.69, 9.17) is 4.74 Å². The number of carbonyl (C=O) groups excluding carboxylic acids is 1. The molecule has 0 unspecified atom stereocenters. The highest BCUT2D eigenvalue weighted by Gasteiger charge is 2.18. The lowest BCUT2D eigenvalue weighted by Gasteiger charge is -2.22. The molecule has 5 heteroatoms. The van der Waals surface area contributed by atoms with Gasteiger partial charge in [-0.25, -0.2) is 0 Å². The first-order valence-electron chi connectivity index (χ1n) is 13.3. The zero-order valence-corrected chi connectivity index (χ0v) is 21.2. The Balaban J connectivity index is 1.36. The van der Waals surface area contributed by atoms with Crippen LogP contribution in [0.2, 0.25) is 0 Å². The van der Waals surface area contributed by atoms with Gasteiger partial charge in [0.15, 0.2) is 0 Å². The molecule has 0 bridgehead atoms. The molecule has 37 heavy (non-hydrogen) atoms. The van der Waals surface area contributed by atoms with Crippen LogP contribution in [0.3, 0.4) is 0 Å². The molecule has 1 heterocycles. The summed E-state index contributed by atoms with van der Waals surface area (Å²) in [5.74, 6) is 1.14. The van der Waals surface area contributed by atoms with Gasteiger partial charge in [-0.05, 0) is 78.6 Å². The number of benzene rings is 3. The summed E-state index contributed by atoms with van der Waals surface area (Å²) in [6.45, 7) is 1.22. The fourth-order valence-electron chi connectivity index (χ4n) is 5.15. The predicted octanol–water partition coefficient (Wildman–Crippen LogP) is 6.93. The van der Waals surface area contributed by atoms with E-state index >= 15 is 0 Å². The number of nitrogens with one attached hydrogen (secondary N) is 1. The van der Waals surface area contributed by atoms with Gasteiger partial charge in [0.1, 0.15) is 17.0 Å². The molecular formula is C32H34N2O3. The van der Waals surface area contributed by atoms with Crippen molar-refractivity contribution in [1.82, 2.24) is 10.3 Å². The van der Waals surface area contributed by atoms with Crippen molar-refractivity contribution in [3.63, 3.8) is 0 Å². The number of amides is 1. The minimum absolute atomic E-state index is 0.123. The van der Waals surface area contributed by atoms with Gasteiger partial charge in [0.25, 0.3) is 5.91 Å². The van der Waals surface area contributed by atoms with Crippen molar-refractivity contribution >= 4 is 16.8 Å². The van der Waals surface area contributed by atoms with Crippen molar-refractivity contribution in [1.29, 1.82) is 0 Å². The smallest absolute Gasteiger partial charge is 0.255 e. The van der Waals surface area contributed by atoms with Crippen LogP contribution in [0.15, 0.2) is 79.0 Å². The third-order valence-corrected chi connectivity index (χ3v) is 7.21. The Morgan fingerprint density at radius 1 is 0.946 bits per heavy atom. The van der Waals surface area contributed by atoms with E-state index in [0.29, 0.717) is 35.9 Å². The van der Waals surface area contributed by atoms with Crippen LogP contribution in [-0.4, -0.2) is 29.1 Å². The summed E-state index contributed by atoms with van der Waals surface area (Å²) in [6, 6.07) is 23.5. The van der Waals surface area contributed by atoms with Crippen molar-refractivity contribution in [3.05, 3.63) is 90.1 Å². The third kappa shape index (κ3) is 6.29. The number of fused-ring (bicyclic) bond motifs is 1. The maximum Gasteiger partial charge on any atom is 0.255 e. The fourth-order valence-corrected chi connectivity index (χ4v) is 5.15. The molecule has 2 N–H and O–H groups in total. The van der Waals surface area contributed by atoms with Gasteiger partial charge in [0.2, 0.25) is 0 Å². The number of rotatable bonds is 9. The number of phenols is 1. The van der Waals surface area contributed by atoms with Gasteiger partial charge in [-0.1, -0.05) is 61.7 Å². The molecule has 190 valence electrons. The van der Waals surface area contributed by atoms with E-state index < -0.39 is 0 Å². The summed E-state index contributed by atoms with van der Waals surface area (Å²) in [4.78, 5) is 17.6. The van der Waals surface area contributed by atoms with E-state index in [1.807, 2.05) is 54.6 Å². The molecule has 1 aromatic heterocycles. The van der Waals surface area contributed by atoms with Crippen molar-refractivity contribution in [2.24, 2.45) is 5.92 Å². The van der Waals surface area contributed by atoms with E-state index in [9.17, 15) is 9.90 Å². The number of aromatic nitrogens is 1. The first kappa shape index (κ1) is 24.8. The number of hydrogen-bond acceptors (Lipinski definition) is 4. The van der Waals surface area contributed by atoms with Gasteiger partial charge < -0.3 is 15.2 Å². The highest BCUT2D eigenvalue weighted by Crippen LogP contribution is 2.33. The normalized spacial score (nSPS) is 13.9. The molecule has 1 amide bonds. The molecule has 1 aliphatic rings. The Labute approximate surface area is 218 Å². The predicted molar refractivity (Wildman–Crippen MR) is 148 cm³/mol. The number of aromatic hydroxyl groups is 1. The maximum absolute atomic E-state index is 13.3. The number of hydrogen-bond donors (Lipinski definition) is 2. The Kier molecular flexibility index (Phi) is 7.99. The number of nitrogens with zero attached hydrogens (tertiary/aromatic N) is 1. The summed E-state index contributed by atoms with van der Waals surface area (Å²) < 4.78 is 6.24. The van der Waals surface area contributed by atoms with Crippen LogP contribution in [-0.2, 0) is 6.42 Å². The van der Waals surface area contributed by atoms with Gasteiger partial charge in [0, 0.05) is 18.1 Å². The summed E-state index contributed by atoms with van der Waals surface area (Å²) in [5, 5.41) is 14.5. The van der Waals surface area contributed by atoms with Gasteiger partial charge in [-0.3, -0.25) is 9.78 Å². The molecule has 0 radical (unpaired) electrons. The minimum Gasteiger partial charge on any atom is -0.506 e. The molecule has 0 atom stereocenters. The highest BCUT2D eigenvalue weighted by atomic mass is 16.5. The second-order valence-electron chi connectivity index (χ2n) is 9.94. The molecule has 0 saturated heterocycles. The molecule has 5 rings (SSSR count). The van der Waals surface area contributed by atoms with Crippen LogP contribution in [0.5, 0.6) is 11.5 Å². The Bertz CT molecular complexity index is 1350. The number of phenolic OH excluding ortho intramolecular Hbond substituents is 1. The van der Waals surface area contributed by atoms with Crippen molar-refractivity contribution in [3.8, 4) is 22.6 Å². The highest BCUT2D eigenvalue weighted by molar-refractivity contribution is 5.99. The fraction of sp³-hybridized carbons (Fsp3) is 0.312.